The lowest BCUT2D eigenvalue weighted by Gasteiger charge is -2.34. The van der Waals surface area contributed by atoms with E-state index in [4.69, 9.17) is 0 Å². The van der Waals surface area contributed by atoms with Crippen LogP contribution in [0.1, 0.15) is 35.7 Å². The SMILES string of the molecule is Cc1ccc(CN2Cc3ccnn3[C@@H](CNS(=O)(=O)C3CC3)C2)cc1. The first-order chi connectivity index (χ1) is 12.0. The molecule has 1 fully saturated rings. The summed E-state index contributed by atoms with van der Waals surface area (Å²) < 4.78 is 29.0. The van der Waals surface area contributed by atoms with Crippen LogP contribution in [-0.4, -0.2) is 41.4 Å². The van der Waals surface area contributed by atoms with Gasteiger partial charge in [0.05, 0.1) is 17.0 Å². The van der Waals surface area contributed by atoms with E-state index in [-0.39, 0.29) is 11.3 Å². The Kier molecular flexibility index (Phi) is 4.39. The Morgan fingerprint density at radius 2 is 1.96 bits per heavy atom. The zero-order valence-corrected chi connectivity index (χ0v) is 15.2. The molecular formula is C18H24N4O2S. The van der Waals surface area contributed by atoms with E-state index in [0.29, 0.717) is 6.54 Å². The van der Waals surface area contributed by atoms with Crippen LogP contribution in [0.25, 0.3) is 0 Å². The Labute approximate surface area is 148 Å². The van der Waals surface area contributed by atoms with Crippen LogP contribution in [0.3, 0.4) is 0 Å². The molecule has 0 amide bonds. The maximum absolute atomic E-state index is 12.1. The molecule has 25 heavy (non-hydrogen) atoms. The monoisotopic (exact) mass is 360 g/mol. The van der Waals surface area contributed by atoms with Crippen molar-refractivity contribution in [3.63, 3.8) is 0 Å². The van der Waals surface area contributed by atoms with Gasteiger partial charge in [-0.05, 0) is 31.4 Å². The van der Waals surface area contributed by atoms with E-state index in [2.05, 4.69) is 45.9 Å². The number of fused-ring (bicyclic) bond motifs is 1. The number of nitrogens with zero attached hydrogens (tertiary/aromatic N) is 3. The van der Waals surface area contributed by atoms with E-state index in [1.807, 2.05) is 10.7 Å². The highest BCUT2D eigenvalue weighted by Crippen LogP contribution is 2.28. The van der Waals surface area contributed by atoms with Gasteiger partial charge in [0.2, 0.25) is 10.0 Å². The third-order valence-corrected chi connectivity index (χ3v) is 6.88. The van der Waals surface area contributed by atoms with Gasteiger partial charge < -0.3 is 0 Å². The molecule has 0 saturated heterocycles. The lowest BCUT2D eigenvalue weighted by atomic mass is 10.1. The van der Waals surface area contributed by atoms with Crippen molar-refractivity contribution in [2.75, 3.05) is 13.1 Å². The number of sulfonamides is 1. The van der Waals surface area contributed by atoms with Crippen LogP contribution in [-0.2, 0) is 23.1 Å². The van der Waals surface area contributed by atoms with E-state index in [0.717, 1.165) is 38.2 Å². The number of rotatable bonds is 6. The van der Waals surface area contributed by atoms with Crippen molar-refractivity contribution in [3.05, 3.63) is 53.3 Å². The third kappa shape index (κ3) is 3.78. The molecule has 0 unspecified atom stereocenters. The van der Waals surface area contributed by atoms with Crippen molar-refractivity contribution in [2.24, 2.45) is 0 Å². The fourth-order valence-electron chi connectivity index (χ4n) is 3.40. The molecule has 1 aromatic heterocycles. The first kappa shape index (κ1) is 16.8. The second kappa shape index (κ2) is 6.55. The van der Waals surface area contributed by atoms with E-state index in [1.54, 1.807) is 6.20 Å². The van der Waals surface area contributed by atoms with E-state index >= 15 is 0 Å². The predicted octanol–water partition coefficient (Wildman–Crippen LogP) is 1.83. The van der Waals surface area contributed by atoms with Gasteiger partial charge in [-0.15, -0.1) is 0 Å². The minimum Gasteiger partial charge on any atom is -0.291 e. The first-order valence-electron chi connectivity index (χ1n) is 8.80. The maximum atomic E-state index is 12.1. The average Bonchev–Trinajstić information content (AvgIpc) is 3.35. The normalized spacial score (nSPS) is 21.2. The summed E-state index contributed by atoms with van der Waals surface area (Å²) in [5, 5.41) is 4.22. The molecule has 2 aliphatic rings. The van der Waals surface area contributed by atoms with Gasteiger partial charge in [-0.25, -0.2) is 13.1 Å². The minimum absolute atomic E-state index is 0.0257. The third-order valence-electron chi connectivity index (χ3n) is 4.96. The molecule has 7 heteroatoms. The second-order valence-electron chi connectivity index (χ2n) is 7.17. The van der Waals surface area contributed by atoms with Crippen LogP contribution in [0.5, 0.6) is 0 Å². The molecule has 134 valence electrons. The van der Waals surface area contributed by atoms with Gasteiger partial charge in [-0.2, -0.15) is 5.10 Å². The van der Waals surface area contributed by atoms with Gasteiger partial charge >= 0.3 is 0 Å². The second-order valence-corrected chi connectivity index (χ2v) is 9.21. The quantitative estimate of drug-likeness (QED) is 0.853. The molecule has 1 aliphatic carbocycles. The van der Waals surface area contributed by atoms with E-state index in [1.165, 1.54) is 11.1 Å². The summed E-state index contributed by atoms with van der Waals surface area (Å²) in [7, 11) is -3.16. The molecular weight excluding hydrogens is 336 g/mol. The number of aromatic nitrogens is 2. The number of benzene rings is 1. The van der Waals surface area contributed by atoms with Crippen molar-refractivity contribution < 1.29 is 8.42 Å². The smallest absolute Gasteiger partial charge is 0.214 e. The van der Waals surface area contributed by atoms with Crippen LogP contribution < -0.4 is 4.72 Å². The molecule has 6 nitrogen and oxygen atoms in total. The van der Waals surface area contributed by atoms with Crippen LogP contribution in [0, 0.1) is 6.92 Å². The van der Waals surface area contributed by atoms with Crippen LogP contribution in [0.2, 0.25) is 0 Å². The van der Waals surface area contributed by atoms with Gasteiger partial charge in [-0.3, -0.25) is 9.58 Å². The largest absolute Gasteiger partial charge is 0.291 e. The molecule has 4 rings (SSSR count). The van der Waals surface area contributed by atoms with Crippen LogP contribution in [0.15, 0.2) is 36.5 Å². The molecule has 2 heterocycles. The summed E-state index contributed by atoms with van der Waals surface area (Å²) in [4.78, 5) is 2.36. The molecule has 1 saturated carbocycles. The van der Waals surface area contributed by atoms with Gasteiger partial charge in [0.25, 0.3) is 0 Å². The highest BCUT2D eigenvalue weighted by molar-refractivity contribution is 7.90. The van der Waals surface area contributed by atoms with Gasteiger partial charge in [0.15, 0.2) is 0 Å². The average molecular weight is 360 g/mol. The van der Waals surface area contributed by atoms with Crippen molar-refractivity contribution in [1.29, 1.82) is 0 Å². The highest BCUT2D eigenvalue weighted by Gasteiger charge is 2.36. The van der Waals surface area contributed by atoms with Crippen LogP contribution in [0.4, 0.5) is 0 Å². The number of nitrogens with one attached hydrogen (secondary N) is 1. The predicted molar refractivity (Wildman–Crippen MR) is 96.5 cm³/mol. The summed E-state index contributed by atoms with van der Waals surface area (Å²) in [5.41, 5.74) is 3.66. The lowest BCUT2D eigenvalue weighted by molar-refractivity contribution is 0.168. The first-order valence-corrected chi connectivity index (χ1v) is 10.3. The van der Waals surface area contributed by atoms with E-state index in [9.17, 15) is 8.42 Å². The van der Waals surface area contributed by atoms with Crippen molar-refractivity contribution in [2.45, 2.75) is 44.1 Å². The summed E-state index contributed by atoms with van der Waals surface area (Å²) in [6, 6.07) is 10.6. The Balaban J connectivity index is 1.46. The topological polar surface area (TPSA) is 67.2 Å². The van der Waals surface area contributed by atoms with Crippen molar-refractivity contribution in [3.8, 4) is 0 Å². The fourth-order valence-corrected chi connectivity index (χ4v) is 4.81. The lowest BCUT2D eigenvalue weighted by Crippen LogP contribution is -2.43. The minimum atomic E-state index is -3.16. The standard InChI is InChI=1S/C18H24N4O2S/c1-14-2-4-15(5-3-14)11-21-12-16-8-9-19-22(16)17(13-21)10-20-25(23,24)18-6-7-18/h2-5,8-9,17-18,20H,6-7,10-13H2,1H3/t17-/m0/s1. The number of hydrogen-bond acceptors (Lipinski definition) is 4. The zero-order valence-electron chi connectivity index (χ0n) is 14.4. The molecule has 1 aliphatic heterocycles. The maximum Gasteiger partial charge on any atom is 0.214 e. The number of aryl methyl sites for hydroxylation is 1. The molecule has 1 atom stereocenters. The van der Waals surface area contributed by atoms with Gasteiger partial charge in [0.1, 0.15) is 0 Å². The molecule has 0 spiro atoms. The Hall–Kier alpha value is -1.70. The molecule has 1 aromatic carbocycles. The van der Waals surface area contributed by atoms with Crippen molar-refractivity contribution in [1.82, 2.24) is 19.4 Å². The summed E-state index contributed by atoms with van der Waals surface area (Å²) in [5.74, 6) is 0. The molecule has 0 radical (unpaired) electrons. The highest BCUT2D eigenvalue weighted by atomic mass is 32.2. The Morgan fingerprint density at radius 3 is 2.68 bits per heavy atom. The van der Waals surface area contributed by atoms with Gasteiger partial charge in [-0.1, -0.05) is 29.8 Å². The molecule has 0 bridgehead atoms. The Morgan fingerprint density at radius 1 is 1.20 bits per heavy atom. The van der Waals surface area contributed by atoms with Crippen molar-refractivity contribution >= 4 is 10.0 Å². The van der Waals surface area contributed by atoms with E-state index < -0.39 is 10.0 Å². The van der Waals surface area contributed by atoms with Gasteiger partial charge in [0, 0.05) is 32.4 Å². The zero-order chi connectivity index (χ0) is 17.4. The molecule has 1 N–H and O–H groups in total. The number of hydrogen-bond donors (Lipinski definition) is 1. The van der Waals surface area contributed by atoms with Crippen LogP contribution >= 0.6 is 0 Å². The fraction of sp³-hybridized carbons (Fsp3) is 0.500. The summed E-state index contributed by atoms with van der Waals surface area (Å²) in [6.07, 6.45) is 3.37. The summed E-state index contributed by atoms with van der Waals surface area (Å²) in [6.45, 7) is 4.97. The Bertz CT molecular complexity index is 840. The summed E-state index contributed by atoms with van der Waals surface area (Å²) >= 11 is 0. The molecule has 2 aromatic rings.